The second kappa shape index (κ2) is 9.35. The molecule has 1 N–H and O–H groups in total. The highest BCUT2D eigenvalue weighted by Gasteiger charge is 2.21. The second-order valence-electron chi connectivity index (χ2n) is 8.04. The number of fused-ring (bicyclic) bond motifs is 1. The highest BCUT2D eigenvalue weighted by atomic mass is 35.5. The van der Waals surface area contributed by atoms with Crippen molar-refractivity contribution in [1.82, 2.24) is 29.7 Å². The summed E-state index contributed by atoms with van der Waals surface area (Å²) in [4.78, 5) is 4.97. The normalized spacial score (nSPS) is 17.2. The van der Waals surface area contributed by atoms with Crippen LogP contribution in [0.2, 0.25) is 10.0 Å². The average Bonchev–Trinajstić information content (AvgIpc) is 3.47. The van der Waals surface area contributed by atoms with Crippen LogP contribution in [-0.2, 0) is 0 Å². The first-order chi connectivity index (χ1) is 16.0. The molecule has 4 aromatic rings. The molecule has 2 atom stereocenters. The lowest BCUT2D eigenvalue weighted by Crippen LogP contribution is -2.31. The van der Waals surface area contributed by atoms with Crippen LogP contribution in [-0.4, -0.2) is 37.5 Å². The standard InChI is InChI=1S/C23H21Cl2N7S/c1-14(22-19(24)10-28-11-20(22)25)33-21-5-15(12-32-23(21)16(6-26)7-30-32)17-8-29-31(13-17)18-3-2-4-27-9-18/h5,7-8,10-14,18,27H,2-4,9H2,1H3/t14-,18+/m1/s1. The van der Waals surface area contributed by atoms with Gasteiger partial charge in [-0.05, 0) is 32.4 Å². The lowest BCUT2D eigenvalue weighted by molar-refractivity contribution is 0.347. The van der Waals surface area contributed by atoms with Crippen LogP contribution < -0.4 is 5.32 Å². The summed E-state index contributed by atoms with van der Waals surface area (Å²) in [5.74, 6) is 0. The third-order valence-electron chi connectivity index (χ3n) is 5.88. The lowest BCUT2D eigenvalue weighted by Gasteiger charge is -2.22. The molecule has 1 aliphatic rings. The highest BCUT2D eigenvalue weighted by molar-refractivity contribution is 7.99. The fourth-order valence-electron chi connectivity index (χ4n) is 4.22. The number of thioether (sulfide) groups is 1. The Labute approximate surface area is 205 Å². The van der Waals surface area contributed by atoms with Gasteiger partial charge in [0.1, 0.15) is 6.07 Å². The number of nitrogens with zero attached hydrogens (tertiary/aromatic N) is 6. The quantitative estimate of drug-likeness (QED) is 0.364. The molecule has 0 saturated carbocycles. The lowest BCUT2D eigenvalue weighted by atomic mass is 10.1. The molecule has 1 saturated heterocycles. The number of nitrogens with one attached hydrogen (secondary N) is 1. The summed E-state index contributed by atoms with van der Waals surface area (Å²) in [7, 11) is 0. The Morgan fingerprint density at radius 2 is 1.97 bits per heavy atom. The molecule has 0 unspecified atom stereocenters. The van der Waals surface area contributed by atoms with Crippen LogP contribution in [0.3, 0.4) is 0 Å². The zero-order valence-electron chi connectivity index (χ0n) is 17.9. The zero-order valence-corrected chi connectivity index (χ0v) is 20.2. The number of piperidine rings is 1. The molecule has 10 heteroatoms. The van der Waals surface area contributed by atoms with Gasteiger partial charge in [0.05, 0.1) is 39.6 Å². The van der Waals surface area contributed by atoms with Gasteiger partial charge in [0, 0.05) is 58.2 Å². The monoisotopic (exact) mass is 497 g/mol. The van der Waals surface area contributed by atoms with E-state index in [0.717, 1.165) is 53.0 Å². The van der Waals surface area contributed by atoms with Crippen molar-refractivity contribution in [3.63, 3.8) is 0 Å². The zero-order chi connectivity index (χ0) is 22.9. The maximum atomic E-state index is 9.64. The van der Waals surface area contributed by atoms with Crippen LogP contribution in [0.4, 0.5) is 0 Å². The minimum atomic E-state index is -0.0653. The SMILES string of the molecule is C[C@@H](Sc1cc(-c2cnn([C@H]3CCCNC3)c2)cn2ncc(C#N)c12)c1c(Cl)cncc1Cl. The topological polar surface area (TPSA) is 83.8 Å². The smallest absolute Gasteiger partial charge is 0.103 e. The summed E-state index contributed by atoms with van der Waals surface area (Å²) in [5, 5.41) is 23.1. The van der Waals surface area contributed by atoms with E-state index < -0.39 is 0 Å². The summed E-state index contributed by atoms with van der Waals surface area (Å²) in [6.45, 7) is 4.03. The summed E-state index contributed by atoms with van der Waals surface area (Å²) in [6, 6.07) is 4.69. The summed E-state index contributed by atoms with van der Waals surface area (Å²) in [5.41, 5.74) is 4.09. The van der Waals surface area contributed by atoms with Crippen LogP contribution in [0, 0.1) is 11.3 Å². The highest BCUT2D eigenvalue weighted by Crippen LogP contribution is 2.43. The van der Waals surface area contributed by atoms with E-state index in [4.69, 9.17) is 23.2 Å². The van der Waals surface area contributed by atoms with Crippen molar-refractivity contribution < 1.29 is 0 Å². The van der Waals surface area contributed by atoms with Crippen molar-refractivity contribution >= 4 is 40.5 Å². The van der Waals surface area contributed by atoms with Gasteiger partial charge in [0.2, 0.25) is 0 Å². The van der Waals surface area contributed by atoms with Gasteiger partial charge in [0.25, 0.3) is 0 Å². The van der Waals surface area contributed by atoms with Gasteiger partial charge < -0.3 is 5.32 Å². The summed E-state index contributed by atoms with van der Waals surface area (Å²) >= 11 is 14.4. The Morgan fingerprint density at radius 3 is 2.70 bits per heavy atom. The predicted octanol–water partition coefficient (Wildman–Crippen LogP) is 5.55. The Hall–Kier alpha value is -2.57. The fourth-order valence-corrected chi connectivity index (χ4v) is 6.30. The van der Waals surface area contributed by atoms with Crippen molar-refractivity contribution in [3.05, 3.63) is 64.4 Å². The van der Waals surface area contributed by atoms with Gasteiger partial charge in [0.15, 0.2) is 0 Å². The van der Waals surface area contributed by atoms with Gasteiger partial charge in [-0.15, -0.1) is 11.8 Å². The van der Waals surface area contributed by atoms with Crippen LogP contribution in [0.15, 0.2) is 48.1 Å². The maximum Gasteiger partial charge on any atom is 0.103 e. The number of hydrogen-bond acceptors (Lipinski definition) is 6. The Morgan fingerprint density at radius 1 is 1.15 bits per heavy atom. The molecule has 1 fully saturated rings. The minimum absolute atomic E-state index is 0.0653. The van der Waals surface area contributed by atoms with Gasteiger partial charge in [-0.3, -0.25) is 9.67 Å². The van der Waals surface area contributed by atoms with Crippen molar-refractivity contribution in [3.8, 4) is 17.2 Å². The molecule has 0 spiro atoms. The molecule has 0 aromatic carbocycles. The Bertz CT molecular complexity index is 1330. The number of rotatable bonds is 5. The molecule has 5 heterocycles. The van der Waals surface area contributed by atoms with E-state index in [1.165, 1.54) is 0 Å². The molecule has 33 heavy (non-hydrogen) atoms. The van der Waals surface area contributed by atoms with E-state index in [1.54, 1.807) is 34.9 Å². The van der Waals surface area contributed by atoms with Crippen LogP contribution in [0.25, 0.3) is 16.6 Å². The number of aromatic nitrogens is 5. The molecule has 0 bridgehead atoms. The minimum Gasteiger partial charge on any atom is -0.315 e. The maximum absolute atomic E-state index is 9.64. The number of hydrogen-bond donors (Lipinski definition) is 1. The van der Waals surface area contributed by atoms with Crippen LogP contribution in [0.1, 0.15) is 42.2 Å². The third-order valence-corrected chi connectivity index (χ3v) is 7.63. The molecule has 0 radical (unpaired) electrons. The average molecular weight is 498 g/mol. The predicted molar refractivity (Wildman–Crippen MR) is 131 cm³/mol. The van der Waals surface area contributed by atoms with Crippen molar-refractivity contribution in [2.75, 3.05) is 13.1 Å². The van der Waals surface area contributed by atoms with Gasteiger partial charge >= 0.3 is 0 Å². The molecular formula is C23H21Cl2N7S. The molecule has 0 aliphatic carbocycles. The first-order valence-electron chi connectivity index (χ1n) is 10.7. The summed E-state index contributed by atoms with van der Waals surface area (Å²) < 4.78 is 3.81. The van der Waals surface area contributed by atoms with Crippen molar-refractivity contribution in [1.29, 1.82) is 5.26 Å². The van der Waals surface area contributed by atoms with E-state index >= 15 is 0 Å². The molecule has 5 rings (SSSR count). The van der Waals surface area contributed by atoms with E-state index in [9.17, 15) is 5.26 Å². The van der Waals surface area contributed by atoms with Crippen LogP contribution in [0.5, 0.6) is 0 Å². The number of halogens is 2. The fraction of sp³-hybridized carbons (Fsp3) is 0.304. The first-order valence-corrected chi connectivity index (χ1v) is 12.3. The molecule has 7 nitrogen and oxygen atoms in total. The molecular weight excluding hydrogens is 477 g/mol. The summed E-state index contributed by atoms with van der Waals surface area (Å²) in [6.07, 6.45) is 13.0. The largest absolute Gasteiger partial charge is 0.315 e. The van der Waals surface area contributed by atoms with E-state index in [2.05, 4.69) is 38.8 Å². The van der Waals surface area contributed by atoms with Gasteiger partial charge in [-0.2, -0.15) is 15.5 Å². The Kier molecular flexibility index (Phi) is 6.30. The number of pyridine rings is 2. The van der Waals surface area contributed by atoms with E-state index in [-0.39, 0.29) is 5.25 Å². The van der Waals surface area contributed by atoms with Crippen molar-refractivity contribution in [2.24, 2.45) is 0 Å². The second-order valence-corrected chi connectivity index (χ2v) is 10.2. The van der Waals surface area contributed by atoms with Crippen molar-refractivity contribution in [2.45, 2.75) is 36.0 Å². The molecule has 0 amide bonds. The Balaban J connectivity index is 1.55. The third kappa shape index (κ3) is 4.34. The molecule has 1 aliphatic heterocycles. The van der Waals surface area contributed by atoms with Gasteiger partial charge in [-0.25, -0.2) is 4.52 Å². The molecule has 168 valence electrons. The van der Waals surface area contributed by atoms with E-state index in [0.29, 0.717) is 21.7 Å². The van der Waals surface area contributed by atoms with Gasteiger partial charge in [-0.1, -0.05) is 23.2 Å². The molecule has 4 aromatic heterocycles. The number of nitriles is 1. The van der Waals surface area contributed by atoms with Crippen LogP contribution >= 0.6 is 35.0 Å². The first kappa shape index (κ1) is 22.2. The van der Waals surface area contributed by atoms with E-state index in [1.807, 2.05) is 24.0 Å².